The van der Waals surface area contributed by atoms with Crippen LogP contribution >= 0.6 is 0 Å². The van der Waals surface area contributed by atoms with Gasteiger partial charge in [0.1, 0.15) is 0 Å². The molecule has 0 saturated heterocycles. The Morgan fingerprint density at radius 2 is 1.95 bits per heavy atom. The second-order valence-electron chi connectivity index (χ2n) is 6.01. The number of benzene rings is 1. The van der Waals surface area contributed by atoms with Crippen LogP contribution in [0, 0.1) is 5.92 Å². The minimum atomic E-state index is 0.684. The Bertz CT molecular complexity index is 398. The number of anilines is 1. The molecule has 0 spiro atoms. The molecule has 1 aromatic rings. The number of nitrogens with zero attached hydrogens (tertiary/aromatic N) is 1. The van der Waals surface area contributed by atoms with E-state index < -0.39 is 0 Å². The fourth-order valence-corrected chi connectivity index (χ4v) is 3.39. The summed E-state index contributed by atoms with van der Waals surface area (Å²) in [6.45, 7) is 10.1. The smallest absolute Gasteiger partial charge is 0.0345 e. The summed E-state index contributed by atoms with van der Waals surface area (Å²) in [7, 11) is 0. The first kappa shape index (κ1) is 15.4. The van der Waals surface area contributed by atoms with Gasteiger partial charge >= 0.3 is 0 Å². The van der Waals surface area contributed by atoms with Gasteiger partial charge in [-0.2, -0.15) is 0 Å². The molecule has 1 saturated carbocycles. The van der Waals surface area contributed by atoms with Crippen molar-refractivity contribution in [1.29, 1.82) is 0 Å². The van der Waals surface area contributed by atoms with Crippen molar-refractivity contribution >= 4 is 5.69 Å². The summed E-state index contributed by atoms with van der Waals surface area (Å²) in [5, 5.41) is 3.77. The number of rotatable bonds is 7. The zero-order chi connectivity index (χ0) is 14.4. The van der Waals surface area contributed by atoms with Crippen molar-refractivity contribution < 1.29 is 0 Å². The predicted molar refractivity (Wildman–Crippen MR) is 88.1 cm³/mol. The average molecular weight is 274 g/mol. The second-order valence-corrected chi connectivity index (χ2v) is 6.01. The zero-order valence-corrected chi connectivity index (χ0v) is 13.4. The molecule has 0 heterocycles. The van der Waals surface area contributed by atoms with Crippen molar-refractivity contribution in [3.63, 3.8) is 0 Å². The average Bonchev–Trinajstić information content (AvgIpc) is 2.92. The maximum Gasteiger partial charge on any atom is 0.0345 e. The molecule has 1 fully saturated rings. The molecule has 20 heavy (non-hydrogen) atoms. The molecule has 0 bridgehead atoms. The van der Waals surface area contributed by atoms with Gasteiger partial charge in [0.2, 0.25) is 0 Å². The van der Waals surface area contributed by atoms with Gasteiger partial charge in [-0.1, -0.05) is 45.7 Å². The van der Waals surface area contributed by atoms with Crippen LogP contribution < -0.4 is 5.32 Å². The van der Waals surface area contributed by atoms with Crippen LogP contribution in [-0.2, 0) is 6.54 Å². The lowest BCUT2D eigenvalue weighted by molar-refractivity contribution is 0.296. The summed E-state index contributed by atoms with van der Waals surface area (Å²) >= 11 is 0. The lowest BCUT2D eigenvalue weighted by Gasteiger charge is -2.22. The highest BCUT2D eigenvalue weighted by atomic mass is 15.1. The maximum atomic E-state index is 3.77. The van der Waals surface area contributed by atoms with Crippen molar-refractivity contribution in [1.82, 2.24) is 4.90 Å². The van der Waals surface area contributed by atoms with E-state index in [0.717, 1.165) is 25.6 Å². The van der Waals surface area contributed by atoms with Gasteiger partial charge in [0.25, 0.3) is 0 Å². The summed E-state index contributed by atoms with van der Waals surface area (Å²) in [5.74, 6) is 0.862. The van der Waals surface area contributed by atoms with Gasteiger partial charge in [-0.15, -0.1) is 0 Å². The van der Waals surface area contributed by atoms with E-state index in [9.17, 15) is 0 Å². The monoisotopic (exact) mass is 274 g/mol. The maximum absolute atomic E-state index is 3.77. The fraction of sp³-hybridized carbons (Fsp3) is 0.667. The van der Waals surface area contributed by atoms with Gasteiger partial charge in [-0.3, -0.25) is 4.90 Å². The van der Waals surface area contributed by atoms with Crippen molar-refractivity contribution in [2.45, 2.75) is 59.0 Å². The fourth-order valence-electron chi connectivity index (χ4n) is 3.39. The first-order chi connectivity index (χ1) is 9.76. The normalized spacial score (nSPS) is 22.4. The third-order valence-electron chi connectivity index (χ3n) is 4.76. The first-order valence-corrected chi connectivity index (χ1v) is 8.34. The molecule has 1 aliphatic carbocycles. The first-order valence-electron chi connectivity index (χ1n) is 8.34. The van der Waals surface area contributed by atoms with Crippen molar-refractivity contribution in [2.75, 3.05) is 18.4 Å². The quantitative estimate of drug-likeness (QED) is 0.786. The van der Waals surface area contributed by atoms with Gasteiger partial charge in [0.05, 0.1) is 0 Å². The second kappa shape index (κ2) is 7.68. The van der Waals surface area contributed by atoms with Crippen molar-refractivity contribution in [2.24, 2.45) is 5.92 Å². The van der Waals surface area contributed by atoms with Gasteiger partial charge in [0.15, 0.2) is 0 Å². The Kier molecular flexibility index (Phi) is 5.90. The Morgan fingerprint density at radius 3 is 2.65 bits per heavy atom. The summed E-state index contributed by atoms with van der Waals surface area (Å²) in [5.41, 5.74) is 2.73. The predicted octanol–water partition coefficient (Wildman–Crippen LogP) is 4.52. The Balaban J connectivity index is 1.98. The van der Waals surface area contributed by atoms with E-state index in [1.807, 2.05) is 0 Å². The van der Waals surface area contributed by atoms with E-state index in [-0.39, 0.29) is 0 Å². The number of nitrogens with one attached hydrogen (secondary N) is 1. The van der Waals surface area contributed by atoms with Crippen LogP contribution in [0.2, 0.25) is 0 Å². The van der Waals surface area contributed by atoms with E-state index in [2.05, 4.69) is 55.3 Å². The van der Waals surface area contributed by atoms with Crippen LogP contribution in [0.15, 0.2) is 24.3 Å². The van der Waals surface area contributed by atoms with Crippen LogP contribution in [0.1, 0.15) is 52.0 Å². The summed E-state index contributed by atoms with van der Waals surface area (Å²) in [6, 6.07) is 9.68. The molecule has 112 valence electrons. The standard InChI is InChI=1S/C18H30N2/c1-4-16-10-8-12-18(16)19-17-11-7-9-15(13-17)14-20(5-2)6-3/h7,9,11,13,16,18-19H,4-6,8,10,12,14H2,1-3H3. The molecule has 0 aromatic heterocycles. The van der Waals surface area contributed by atoms with Gasteiger partial charge in [0, 0.05) is 18.3 Å². The third kappa shape index (κ3) is 3.99. The Labute approximate surface area is 124 Å². The molecule has 1 aliphatic rings. The lowest BCUT2D eigenvalue weighted by Crippen LogP contribution is -2.24. The van der Waals surface area contributed by atoms with Crippen LogP contribution in [-0.4, -0.2) is 24.0 Å². The molecule has 0 radical (unpaired) electrons. The molecule has 2 rings (SSSR count). The molecule has 2 unspecified atom stereocenters. The van der Waals surface area contributed by atoms with E-state index in [1.54, 1.807) is 0 Å². The van der Waals surface area contributed by atoms with Crippen LogP contribution in [0.3, 0.4) is 0 Å². The molecule has 1 N–H and O–H groups in total. The highest BCUT2D eigenvalue weighted by molar-refractivity contribution is 5.46. The lowest BCUT2D eigenvalue weighted by atomic mass is 10.0. The molecule has 2 heteroatoms. The van der Waals surface area contributed by atoms with Crippen LogP contribution in [0.4, 0.5) is 5.69 Å². The van der Waals surface area contributed by atoms with Crippen LogP contribution in [0.25, 0.3) is 0 Å². The van der Waals surface area contributed by atoms with Gasteiger partial charge in [-0.05, 0) is 49.5 Å². The molecular formula is C18H30N2. The summed E-state index contributed by atoms with van der Waals surface area (Å²) in [4.78, 5) is 2.46. The SMILES string of the molecule is CCC1CCCC1Nc1cccc(CN(CC)CC)c1. The van der Waals surface area contributed by atoms with E-state index in [0.29, 0.717) is 6.04 Å². The minimum absolute atomic E-state index is 0.684. The van der Waals surface area contributed by atoms with Crippen molar-refractivity contribution in [3.05, 3.63) is 29.8 Å². The topological polar surface area (TPSA) is 15.3 Å². The number of hydrogen-bond acceptors (Lipinski definition) is 2. The van der Waals surface area contributed by atoms with Gasteiger partial charge < -0.3 is 5.32 Å². The van der Waals surface area contributed by atoms with E-state index in [4.69, 9.17) is 0 Å². The Hall–Kier alpha value is -1.02. The van der Waals surface area contributed by atoms with Crippen molar-refractivity contribution in [3.8, 4) is 0 Å². The summed E-state index contributed by atoms with van der Waals surface area (Å²) < 4.78 is 0. The highest BCUT2D eigenvalue weighted by Crippen LogP contribution is 2.30. The Morgan fingerprint density at radius 1 is 1.15 bits per heavy atom. The number of hydrogen-bond donors (Lipinski definition) is 1. The minimum Gasteiger partial charge on any atom is -0.382 e. The molecule has 0 aliphatic heterocycles. The molecule has 0 amide bonds. The highest BCUT2D eigenvalue weighted by Gasteiger charge is 2.25. The van der Waals surface area contributed by atoms with E-state index in [1.165, 1.54) is 36.9 Å². The van der Waals surface area contributed by atoms with Gasteiger partial charge in [-0.25, -0.2) is 0 Å². The summed E-state index contributed by atoms with van der Waals surface area (Å²) in [6.07, 6.45) is 5.41. The van der Waals surface area contributed by atoms with E-state index >= 15 is 0 Å². The molecule has 1 aromatic carbocycles. The third-order valence-corrected chi connectivity index (χ3v) is 4.76. The van der Waals surface area contributed by atoms with Crippen LogP contribution in [0.5, 0.6) is 0 Å². The largest absolute Gasteiger partial charge is 0.382 e. The molecule has 2 nitrogen and oxygen atoms in total. The molecule has 2 atom stereocenters. The zero-order valence-electron chi connectivity index (χ0n) is 13.4. The molecular weight excluding hydrogens is 244 g/mol.